The molecule has 3 aromatic rings. The van der Waals surface area contributed by atoms with E-state index in [9.17, 15) is 15.0 Å². The van der Waals surface area contributed by atoms with E-state index in [1.54, 1.807) is 18.2 Å². The van der Waals surface area contributed by atoms with Gasteiger partial charge in [-0.25, -0.2) is 4.79 Å². The molecule has 1 aliphatic rings. The molecule has 0 spiro atoms. The van der Waals surface area contributed by atoms with Crippen LogP contribution in [0, 0.1) is 0 Å². The van der Waals surface area contributed by atoms with Crippen molar-refractivity contribution >= 4 is 11.0 Å². The standard InChI is InChI=1S/C21H20O9/c1-25-13-8-10-4-7-15(24)29-16(10)21-20(13)28-14(9-22)17(30-21)11-5-6-12(23)19(27-3)18(11)26-2/h4-8,14,17,22-23H,9H2,1-3H3/t14-,17-/m0/s1. The van der Waals surface area contributed by atoms with Crippen LogP contribution in [-0.2, 0) is 0 Å². The van der Waals surface area contributed by atoms with Crippen LogP contribution in [-0.4, -0.2) is 44.3 Å². The van der Waals surface area contributed by atoms with Gasteiger partial charge in [0.05, 0.1) is 27.9 Å². The summed E-state index contributed by atoms with van der Waals surface area (Å²) in [5.74, 6) is 0.947. The fourth-order valence-corrected chi connectivity index (χ4v) is 3.52. The number of hydrogen-bond acceptors (Lipinski definition) is 9. The summed E-state index contributed by atoms with van der Waals surface area (Å²) in [6.45, 7) is -0.392. The van der Waals surface area contributed by atoms with Crippen molar-refractivity contribution in [1.29, 1.82) is 0 Å². The first-order valence-electron chi connectivity index (χ1n) is 9.05. The third-order valence-electron chi connectivity index (χ3n) is 4.87. The molecule has 2 N–H and O–H groups in total. The van der Waals surface area contributed by atoms with Crippen LogP contribution < -0.4 is 29.3 Å². The van der Waals surface area contributed by atoms with Crippen molar-refractivity contribution < 1.29 is 38.3 Å². The molecule has 0 saturated carbocycles. The van der Waals surface area contributed by atoms with Gasteiger partial charge in [-0.1, -0.05) is 0 Å². The van der Waals surface area contributed by atoms with Crippen LogP contribution in [0.2, 0.25) is 0 Å². The zero-order valence-corrected chi connectivity index (χ0v) is 16.5. The van der Waals surface area contributed by atoms with Gasteiger partial charge in [0, 0.05) is 17.0 Å². The lowest BCUT2D eigenvalue weighted by Gasteiger charge is -2.34. The van der Waals surface area contributed by atoms with Crippen molar-refractivity contribution in [3.05, 3.63) is 46.3 Å². The molecule has 0 aliphatic carbocycles. The van der Waals surface area contributed by atoms with E-state index in [-0.39, 0.29) is 34.3 Å². The maximum Gasteiger partial charge on any atom is 0.336 e. The van der Waals surface area contributed by atoms with Gasteiger partial charge in [-0.2, -0.15) is 0 Å². The molecule has 9 heteroatoms. The number of fused-ring (bicyclic) bond motifs is 3. The van der Waals surface area contributed by atoms with Crippen LogP contribution in [0.15, 0.2) is 39.5 Å². The third kappa shape index (κ3) is 3.03. The number of benzene rings is 2. The molecule has 0 fully saturated rings. The van der Waals surface area contributed by atoms with Gasteiger partial charge in [-0.3, -0.25) is 0 Å². The quantitative estimate of drug-likeness (QED) is 0.605. The minimum atomic E-state index is -0.868. The molecule has 0 radical (unpaired) electrons. The van der Waals surface area contributed by atoms with Gasteiger partial charge >= 0.3 is 5.63 Å². The molecule has 0 bridgehead atoms. The van der Waals surface area contributed by atoms with Crippen LogP contribution >= 0.6 is 0 Å². The van der Waals surface area contributed by atoms with Crippen molar-refractivity contribution in [3.8, 4) is 34.5 Å². The van der Waals surface area contributed by atoms with Crippen molar-refractivity contribution in [1.82, 2.24) is 0 Å². The van der Waals surface area contributed by atoms with E-state index < -0.39 is 24.4 Å². The third-order valence-corrected chi connectivity index (χ3v) is 4.87. The number of hydrogen-bond donors (Lipinski definition) is 2. The maximum atomic E-state index is 11.8. The van der Waals surface area contributed by atoms with Gasteiger partial charge in [0.25, 0.3) is 0 Å². The summed E-state index contributed by atoms with van der Waals surface area (Å²) in [4.78, 5) is 11.8. The van der Waals surface area contributed by atoms with Gasteiger partial charge in [0.1, 0.15) is 0 Å². The molecule has 30 heavy (non-hydrogen) atoms. The lowest BCUT2D eigenvalue weighted by molar-refractivity contribution is -0.0146. The predicted molar refractivity (Wildman–Crippen MR) is 105 cm³/mol. The van der Waals surface area contributed by atoms with E-state index in [1.165, 1.54) is 33.5 Å². The Bertz CT molecular complexity index is 1150. The zero-order valence-electron chi connectivity index (χ0n) is 16.5. The molecule has 1 aliphatic heterocycles. The van der Waals surface area contributed by atoms with Crippen molar-refractivity contribution in [2.45, 2.75) is 12.2 Å². The molecule has 0 amide bonds. The zero-order chi connectivity index (χ0) is 21.4. The molecule has 2 aromatic carbocycles. The SMILES string of the molecule is COc1cc2ccc(=O)oc2c2c1O[C@@H](CO)[C@H](c1ccc(O)c(OC)c1OC)O2. The number of rotatable bonds is 5. The maximum absolute atomic E-state index is 11.8. The fourth-order valence-electron chi connectivity index (χ4n) is 3.52. The highest BCUT2D eigenvalue weighted by Crippen LogP contribution is 2.51. The van der Waals surface area contributed by atoms with Crippen molar-refractivity contribution in [2.75, 3.05) is 27.9 Å². The number of methoxy groups -OCH3 is 3. The first-order valence-corrected chi connectivity index (χ1v) is 9.05. The number of phenolic OH excluding ortho intramolecular Hbond substituents is 1. The lowest BCUT2D eigenvalue weighted by atomic mass is 10.0. The number of aromatic hydroxyl groups is 1. The monoisotopic (exact) mass is 416 g/mol. The van der Waals surface area contributed by atoms with E-state index >= 15 is 0 Å². The summed E-state index contributed by atoms with van der Waals surface area (Å²) in [6, 6.07) is 7.54. The number of ether oxygens (including phenoxy) is 5. The van der Waals surface area contributed by atoms with Crippen LogP contribution in [0.4, 0.5) is 0 Å². The Morgan fingerprint density at radius 1 is 0.967 bits per heavy atom. The Balaban J connectivity index is 1.93. The highest BCUT2D eigenvalue weighted by atomic mass is 16.6. The molecule has 9 nitrogen and oxygen atoms in total. The van der Waals surface area contributed by atoms with E-state index in [1.807, 2.05) is 0 Å². The molecule has 158 valence electrons. The van der Waals surface area contributed by atoms with E-state index in [0.29, 0.717) is 16.7 Å². The Morgan fingerprint density at radius 2 is 1.73 bits per heavy atom. The molecule has 0 saturated heterocycles. The molecular formula is C21H20O9. The molecular weight excluding hydrogens is 396 g/mol. The van der Waals surface area contributed by atoms with E-state index in [0.717, 1.165) is 0 Å². The topological polar surface area (TPSA) is 117 Å². The normalized spacial score (nSPS) is 17.6. The van der Waals surface area contributed by atoms with Gasteiger partial charge < -0.3 is 38.3 Å². The summed E-state index contributed by atoms with van der Waals surface area (Å²) in [5.41, 5.74) is 0.0960. The average Bonchev–Trinajstić information content (AvgIpc) is 2.77. The number of phenols is 1. The van der Waals surface area contributed by atoms with Crippen LogP contribution in [0.5, 0.6) is 34.5 Å². The van der Waals surface area contributed by atoms with E-state index in [2.05, 4.69) is 0 Å². The minimum absolute atomic E-state index is 0.114. The first-order chi connectivity index (χ1) is 14.5. The Hall–Kier alpha value is -3.59. The van der Waals surface area contributed by atoms with Gasteiger partial charge in [-0.05, 0) is 24.3 Å². The summed E-state index contributed by atoms with van der Waals surface area (Å²) < 4.78 is 33.6. The average molecular weight is 416 g/mol. The van der Waals surface area contributed by atoms with Crippen molar-refractivity contribution in [3.63, 3.8) is 0 Å². The minimum Gasteiger partial charge on any atom is -0.504 e. The van der Waals surface area contributed by atoms with Gasteiger partial charge in [-0.15, -0.1) is 0 Å². The van der Waals surface area contributed by atoms with Gasteiger partial charge in [0.15, 0.2) is 35.0 Å². The number of aliphatic hydroxyl groups is 1. The Morgan fingerprint density at radius 3 is 2.40 bits per heavy atom. The fraction of sp³-hybridized carbons (Fsp3) is 0.286. The molecule has 0 unspecified atom stereocenters. The highest BCUT2D eigenvalue weighted by molar-refractivity contribution is 5.88. The summed E-state index contributed by atoms with van der Waals surface area (Å²) in [6.07, 6.45) is -1.71. The lowest BCUT2D eigenvalue weighted by Crippen LogP contribution is -2.36. The summed E-state index contributed by atoms with van der Waals surface area (Å²) in [5, 5.41) is 20.6. The molecule has 2 heterocycles. The molecule has 4 rings (SSSR count). The largest absolute Gasteiger partial charge is 0.504 e. The van der Waals surface area contributed by atoms with Crippen LogP contribution in [0.3, 0.4) is 0 Å². The van der Waals surface area contributed by atoms with Crippen LogP contribution in [0.25, 0.3) is 11.0 Å². The number of aliphatic hydroxyl groups excluding tert-OH is 1. The van der Waals surface area contributed by atoms with Crippen LogP contribution in [0.1, 0.15) is 11.7 Å². The Kier molecular flexibility index (Phi) is 5.04. The second-order valence-electron chi connectivity index (χ2n) is 6.53. The molecule has 1 aromatic heterocycles. The summed E-state index contributed by atoms with van der Waals surface area (Å²) in [7, 11) is 4.28. The van der Waals surface area contributed by atoms with E-state index in [4.69, 9.17) is 28.1 Å². The highest BCUT2D eigenvalue weighted by Gasteiger charge is 2.39. The summed E-state index contributed by atoms with van der Waals surface area (Å²) >= 11 is 0. The first kappa shape index (κ1) is 19.7. The van der Waals surface area contributed by atoms with Crippen molar-refractivity contribution in [2.24, 2.45) is 0 Å². The Labute approximate surface area is 170 Å². The second kappa shape index (κ2) is 7.68. The molecule has 2 atom stereocenters. The second-order valence-corrected chi connectivity index (χ2v) is 6.53. The van der Waals surface area contributed by atoms with Gasteiger partial charge in [0.2, 0.25) is 17.2 Å². The predicted octanol–water partition coefficient (Wildman–Crippen LogP) is 2.40. The smallest absolute Gasteiger partial charge is 0.336 e.